The average Bonchev–Trinajstić information content (AvgIpc) is 2.91. The van der Waals surface area contributed by atoms with Crippen LogP contribution < -0.4 is 0 Å². The van der Waals surface area contributed by atoms with Gasteiger partial charge in [-0.2, -0.15) is 21.6 Å². The third-order valence-corrected chi connectivity index (χ3v) is 8.75. The van der Waals surface area contributed by atoms with Gasteiger partial charge in [0.25, 0.3) is 0 Å². The van der Waals surface area contributed by atoms with Crippen molar-refractivity contribution in [2.45, 2.75) is 29.9 Å². The normalized spacial score (nSPS) is 27.8. The van der Waals surface area contributed by atoms with E-state index in [2.05, 4.69) is 0 Å². The van der Waals surface area contributed by atoms with E-state index in [1.54, 1.807) is 37.3 Å². The molecule has 0 bridgehead atoms. The second-order valence-electron chi connectivity index (χ2n) is 5.15. The Kier molecular flexibility index (Phi) is 6.19. The molecular formula is C14H19F3O5S2. The minimum Gasteiger partial charge on any atom is -0.356 e. The Labute approximate surface area is 140 Å². The Morgan fingerprint density at radius 2 is 1.92 bits per heavy atom. The molecule has 138 valence electrons. The Morgan fingerprint density at radius 3 is 2.50 bits per heavy atom. The molecule has 1 aliphatic rings. The van der Waals surface area contributed by atoms with Crippen molar-refractivity contribution in [3.8, 4) is 0 Å². The van der Waals surface area contributed by atoms with Gasteiger partial charge in [0, 0.05) is 23.0 Å². The van der Waals surface area contributed by atoms with Crippen LogP contribution in [0.15, 0.2) is 35.2 Å². The maximum absolute atomic E-state index is 12.8. The van der Waals surface area contributed by atoms with Crippen LogP contribution in [0.3, 0.4) is 0 Å². The van der Waals surface area contributed by atoms with E-state index in [0.717, 1.165) is 0 Å². The molecule has 0 aromatic heterocycles. The summed E-state index contributed by atoms with van der Waals surface area (Å²) in [6, 6.07) is 8.16. The summed E-state index contributed by atoms with van der Waals surface area (Å²) >= 11 is 0. The first-order valence-electron chi connectivity index (χ1n) is 7.26. The molecule has 0 saturated carbocycles. The Morgan fingerprint density at radius 1 is 1.25 bits per heavy atom. The minimum absolute atomic E-state index is 0.0114. The predicted octanol–water partition coefficient (Wildman–Crippen LogP) is 3.41. The monoisotopic (exact) mass is 388 g/mol. The van der Waals surface area contributed by atoms with Gasteiger partial charge in [0.1, 0.15) is 6.79 Å². The SMILES string of the molecule is CCOCOC1CCS(OS(=O)(=O)C(F)(F)F)(c2ccccc2)C1. The molecule has 1 aromatic carbocycles. The van der Waals surface area contributed by atoms with E-state index in [1.165, 1.54) is 0 Å². The Hall–Kier alpha value is -0.810. The summed E-state index contributed by atoms with van der Waals surface area (Å²) in [5.41, 5.74) is -5.45. The molecule has 1 saturated heterocycles. The summed E-state index contributed by atoms with van der Waals surface area (Å²) in [4.78, 5) is 0.459. The number of hydrogen-bond donors (Lipinski definition) is 0. The zero-order chi connectivity index (χ0) is 17.8. The smallest absolute Gasteiger partial charge is 0.356 e. The second-order valence-corrected chi connectivity index (χ2v) is 9.90. The number of hydrogen-bond acceptors (Lipinski definition) is 5. The molecule has 1 aliphatic heterocycles. The maximum atomic E-state index is 12.8. The molecule has 24 heavy (non-hydrogen) atoms. The van der Waals surface area contributed by atoms with Crippen LogP contribution in [0.4, 0.5) is 13.2 Å². The molecule has 0 N–H and O–H groups in total. The first kappa shape index (κ1) is 19.5. The number of benzene rings is 1. The quantitative estimate of drug-likeness (QED) is 0.407. The van der Waals surface area contributed by atoms with Crippen molar-refractivity contribution >= 4 is 20.4 Å². The summed E-state index contributed by atoms with van der Waals surface area (Å²) in [6.45, 7) is 2.25. The van der Waals surface area contributed by atoms with E-state index < -0.39 is 32.0 Å². The van der Waals surface area contributed by atoms with Crippen molar-refractivity contribution in [1.29, 1.82) is 0 Å². The van der Waals surface area contributed by atoms with E-state index >= 15 is 0 Å². The van der Waals surface area contributed by atoms with Crippen LogP contribution in [0.2, 0.25) is 0 Å². The molecule has 10 heteroatoms. The van der Waals surface area contributed by atoms with E-state index in [4.69, 9.17) is 13.1 Å². The predicted molar refractivity (Wildman–Crippen MR) is 84.1 cm³/mol. The van der Waals surface area contributed by atoms with Crippen molar-refractivity contribution in [2.75, 3.05) is 24.9 Å². The van der Waals surface area contributed by atoms with E-state index in [-0.39, 0.29) is 18.3 Å². The van der Waals surface area contributed by atoms with Crippen LogP contribution in [0, 0.1) is 0 Å². The topological polar surface area (TPSA) is 61.8 Å². The number of halogens is 3. The molecule has 1 heterocycles. The minimum atomic E-state index is -5.69. The molecule has 1 fully saturated rings. The van der Waals surface area contributed by atoms with Gasteiger partial charge in [0.05, 0.1) is 6.10 Å². The van der Waals surface area contributed by atoms with Crippen molar-refractivity contribution < 1.29 is 34.7 Å². The van der Waals surface area contributed by atoms with Crippen molar-refractivity contribution in [1.82, 2.24) is 0 Å². The van der Waals surface area contributed by atoms with Gasteiger partial charge in [0.2, 0.25) is 0 Å². The highest BCUT2D eigenvalue weighted by Gasteiger charge is 2.53. The molecule has 0 amide bonds. The van der Waals surface area contributed by atoms with Gasteiger partial charge in [-0.05, 0) is 25.5 Å². The number of alkyl halides is 3. The van der Waals surface area contributed by atoms with Gasteiger partial charge in [-0.25, -0.2) is 3.63 Å². The van der Waals surface area contributed by atoms with Crippen LogP contribution in [0.5, 0.6) is 0 Å². The highest BCUT2D eigenvalue weighted by atomic mass is 32.3. The molecule has 1 aromatic rings. The lowest BCUT2D eigenvalue weighted by Gasteiger charge is -2.34. The average molecular weight is 388 g/mol. The summed E-state index contributed by atoms with van der Waals surface area (Å²) in [5.74, 6) is 0.266. The summed E-state index contributed by atoms with van der Waals surface area (Å²) in [7, 11) is -8.34. The fourth-order valence-electron chi connectivity index (χ4n) is 2.34. The largest absolute Gasteiger partial charge is 0.523 e. The highest BCUT2D eigenvalue weighted by molar-refractivity contribution is 8.33. The number of ether oxygens (including phenoxy) is 2. The molecule has 2 unspecified atom stereocenters. The van der Waals surface area contributed by atoms with Gasteiger partial charge in [0.15, 0.2) is 0 Å². The first-order chi connectivity index (χ1) is 11.2. The Balaban J connectivity index is 2.25. The van der Waals surface area contributed by atoms with Crippen molar-refractivity contribution in [2.24, 2.45) is 0 Å². The van der Waals surface area contributed by atoms with Crippen LogP contribution in [0.1, 0.15) is 13.3 Å². The third-order valence-electron chi connectivity index (χ3n) is 3.49. The molecule has 2 atom stereocenters. The van der Waals surface area contributed by atoms with Crippen LogP contribution in [-0.4, -0.2) is 44.9 Å². The van der Waals surface area contributed by atoms with E-state index in [9.17, 15) is 21.6 Å². The van der Waals surface area contributed by atoms with Gasteiger partial charge < -0.3 is 9.47 Å². The first-order valence-corrected chi connectivity index (χ1v) is 10.6. The third kappa shape index (κ3) is 4.42. The lowest BCUT2D eigenvalue weighted by Crippen LogP contribution is -2.28. The number of rotatable bonds is 7. The van der Waals surface area contributed by atoms with Crippen molar-refractivity contribution in [3.63, 3.8) is 0 Å². The standard InChI is InChI=1S/C14H19F3O5S2/c1-2-20-11-21-12-8-9-23(10-12,13-6-4-3-5-7-13)22-24(18,19)14(15,16)17/h3-7,12H,2,8-11H2,1H3. The molecule has 2 rings (SSSR count). The van der Waals surface area contributed by atoms with Crippen LogP contribution in [-0.2, 0) is 23.2 Å². The van der Waals surface area contributed by atoms with Crippen LogP contribution in [0.25, 0.3) is 0 Å². The summed E-state index contributed by atoms with van der Waals surface area (Å²) < 4.78 is 76.7. The van der Waals surface area contributed by atoms with Gasteiger partial charge in [-0.15, -0.1) is 0 Å². The molecule has 0 spiro atoms. The zero-order valence-corrected chi connectivity index (χ0v) is 14.6. The fourth-order valence-corrected chi connectivity index (χ4v) is 7.59. The lowest BCUT2D eigenvalue weighted by atomic mass is 10.3. The second kappa shape index (κ2) is 7.61. The van der Waals surface area contributed by atoms with Crippen molar-refractivity contribution in [3.05, 3.63) is 30.3 Å². The van der Waals surface area contributed by atoms with Crippen LogP contribution >= 0.6 is 10.3 Å². The zero-order valence-electron chi connectivity index (χ0n) is 13.0. The molecule has 5 nitrogen and oxygen atoms in total. The maximum Gasteiger partial charge on any atom is 0.523 e. The van der Waals surface area contributed by atoms with E-state index in [1.807, 2.05) is 0 Å². The van der Waals surface area contributed by atoms with E-state index in [0.29, 0.717) is 17.9 Å². The van der Waals surface area contributed by atoms with Gasteiger partial charge >= 0.3 is 15.6 Å². The lowest BCUT2D eigenvalue weighted by molar-refractivity contribution is -0.0777. The van der Waals surface area contributed by atoms with Gasteiger partial charge in [-0.3, -0.25) is 0 Å². The molecule has 0 aliphatic carbocycles. The highest BCUT2D eigenvalue weighted by Crippen LogP contribution is 2.63. The fraction of sp³-hybridized carbons (Fsp3) is 0.571. The molecule has 0 radical (unpaired) electrons. The molecular weight excluding hydrogens is 369 g/mol. The summed E-state index contributed by atoms with van der Waals surface area (Å²) in [5, 5.41) is 0. The summed E-state index contributed by atoms with van der Waals surface area (Å²) in [6.07, 6.45) is 0.000188. The Bertz CT molecular complexity index is 636. The van der Waals surface area contributed by atoms with Gasteiger partial charge in [-0.1, -0.05) is 28.5 Å².